The van der Waals surface area contributed by atoms with Crippen molar-refractivity contribution in [1.82, 2.24) is 9.80 Å². The van der Waals surface area contributed by atoms with Crippen LogP contribution in [0.25, 0.3) is 0 Å². The second-order valence-electron chi connectivity index (χ2n) is 7.19. The fraction of sp³-hybridized carbons (Fsp3) is 0.562. The predicted molar refractivity (Wildman–Crippen MR) is 75.2 cm³/mol. The third kappa shape index (κ3) is 1.41. The van der Waals surface area contributed by atoms with Crippen molar-refractivity contribution in [3.63, 3.8) is 0 Å². The third-order valence-electron chi connectivity index (χ3n) is 5.21. The zero-order valence-corrected chi connectivity index (χ0v) is 12.0. The van der Waals surface area contributed by atoms with Crippen molar-refractivity contribution in [2.75, 3.05) is 26.2 Å². The normalized spacial score (nSPS) is 45.9. The molecule has 0 radical (unpaired) electrons. The summed E-state index contributed by atoms with van der Waals surface area (Å²) in [5.41, 5.74) is 0.476. The van der Waals surface area contributed by atoms with E-state index >= 15 is 0 Å². The molecule has 0 aromatic heterocycles. The number of aromatic hydroxyl groups is 1. The van der Waals surface area contributed by atoms with Crippen LogP contribution in [0.5, 0.6) is 5.75 Å². The highest BCUT2D eigenvalue weighted by atomic mass is 16.3. The Balaban J connectivity index is 1.78. The van der Waals surface area contributed by atoms with Gasteiger partial charge in [0.15, 0.2) is 0 Å². The van der Waals surface area contributed by atoms with Crippen molar-refractivity contribution < 1.29 is 9.90 Å². The number of hydrogen-bond donors (Lipinski definition) is 1. The Labute approximate surface area is 119 Å². The molecule has 1 aromatic rings. The van der Waals surface area contributed by atoms with Crippen molar-refractivity contribution in [2.24, 2.45) is 10.8 Å². The highest BCUT2D eigenvalue weighted by Crippen LogP contribution is 2.52. The van der Waals surface area contributed by atoms with Crippen molar-refractivity contribution in [3.8, 4) is 5.75 Å². The number of carbonyl (C=O) groups is 1. The van der Waals surface area contributed by atoms with Crippen LogP contribution in [-0.2, 0) is 4.79 Å². The third-order valence-corrected chi connectivity index (χ3v) is 5.21. The Morgan fingerprint density at radius 3 is 2.05 bits per heavy atom. The molecule has 4 bridgehead atoms. The van der Waals surface area contributed by atoms with Crippen LogP contribution >= 0.6 is 0 Å². The molecule has 20 heavy (non-hydrogen) atoms. The van der Waals surface area contributed by atoms with E-state index in [-0.39, 0.29) is 17.0 Å². The summed E-state index contributed by atoms with van der Waals surface area (Å²) in [6, 6.07) is 7.56. The van der Waals surface area contributed by atoms with E-state index in [1.165, 1.54) is 0 Å². The highest BCUT2D eigenvalue weighted by Gasteiger charge is 2.62. The molecule has 4 fully saturated rings. The van der Waals surface area contributed by atoms with Crippen molar-refractivity contribution in [3.05, 3.63) is 29.8 Å². The molecule has 0 amide bonds. The van der Waals surface area contributed by atoms with E-state index in [0.717, 1.165) is 31.7 Å². The Hall–Kier alpha value is -1.39. The monoisotopic (exact) mass is 272 g/mol. The van der Waals surface area contributed by atoms with Gasteiger partial charge in [-0.1, -0.05) is 32.0 Å². The summed E-state index contributed by atoms with van der Waals surface area (Å²) in [7, 11) is 0. The second-order valence-corrected chi connectivity index (χ2v) is 7.19. The summed E-state index contributed by atoms with van der Waals surface area (Å²) in [5.74, 6) is 0.778. The van der Waals surface area contributed by atoms with Gasteiger partial charge >= 0.3 is 0 Å². The number of piperidine rings is 2. The molecule has 4 nitrogen and oxygen atoms in total. The van der Waals surface area contributed by atoms with E-state index in [9.17, 15) is 9.90 Å². The van der Waals surface area contributed by atoms with Gasteiger partial charge in [-0.05, 0) is 6.07 Å². The first-order valence-corrected chi connectivity index (χ1v) is 7.24. The number of Topliss-reactive ketones (excluding diaryl/α,β-unsaturated/α-hetero) is 1. The molecule has 4 heteroatoms. The van der Waals surface area contributed by atoms with Gasteiger partial charge in [0.2, 0.25) is 0 Å². The predicted octanol–water partition coefficient (Wildman–Crippen LogP) is 1.62. The van der Waals surface area contributed by atoms with Crippen LogP contribution in [0, 0.1) is 10.8 Å². The molecule has 4 heterocycles. The number of para-hydroxylation sites is 1. The molecule has 0 aliphatic carbocycles. The van der Waals surface area contributed by atoms with E-state index in [1.54, 1.807) is 6.07 Å². The number of hydrogen-bond acceptors (Lipinski definition) is 4. The fourth-order valence-corrected chi connectivity index (χ4v) is 4.70. The zero-order valence-electron chi connectivity index (χ0n) is 12.0. The Kier molecular flexibility index (Phi) is 2.24. The number of rotatable bonds is 1. The van der Waals surface area contributed by atoms with E-state index in [0.29, 0.717) is 11.5 Å². The molecule has 5 rings (SSSR count). The first-order valence-electron chi connectivity index (χ1n) is 7.24. The van der Waals surface area contributed by atoms with Gasteiger partial charge in [-0.2, -0.15) is 0 Å². The van der Waals surface area contributed by atoms with Crippen LogP contribution in [0.15, 0.2) is 24.3 Å². The van der Waals surface area contributed by atoms with Gasteiger partial charge in [-0.3, -0.25) is 14.6 Å². The largest absolute Gasteiger partial charge is 0.508 e. The van der Waals surface area contributed by atoms with Crippen LogP contribution < -0.4 is 0 Å². The molecule has 0 saturated carbocycles. The first-order chi connectivity index (χ1) is 9.43. The molecule has 106 valence electrons. The quantitative estimate of drug-likeness (QED) is 0.843. The van der Waals surface area contributed by atoms with Crippen LogP contribution in [0.4, 0.5) is 0 Å². The molecule has 0 unspecified atom stereocenters. The smallest absolute Gasteiger partial charge is 0.149 e. The molecule has 0 spiro atoms. The zero-order chi connectivity index (χ0) is 14.1. The minimum Gasteiger partial charge on any atom is -0.508 e. The topological polar surface area (TPSA) is 43.8 Å². The molecule has 1 N–H and O–H groups in total. The summed E-state index contributed by atoms with van der Waals surface area (Å²) < 4.78 is 0. The molecular weight excluding hydrogens is 252 g/mol. The lowest BCUT2D eigenvalue weighted by Crippen LogP contribution is -2.75. The van der Waals surface area contributed by atoms with Crippen LogP contribution in [-0.4, -0.2) is 46.9 Å². The summed E-state index contributed by atoms with van der Waals surface area (Å²) in [4.78, 5) is 17.4. The van der Waals surface area contributed by atoms with Crippen LogP contribution in [0.2, 0.25) is 0 Å². The second kappa shape index (κ2) is 3.62. The van der Waals surface area contributed by atoms with Gasteiger partial charge in [0.25, 0.3) is 0 Å². The van der Waals surface area contributed by atoms with Gasteiger partial charge in [-0.15, -0.1) is 0 Å². The van der Waals surface area contributed by atoms with Crippen LogP contribution in [0.1, 0.15) is 25.6 Å². The van der Waals surface area contributed by atoms with E-state index in [2.05, 4.69) is 23.6 Å². The van der Waals surface area contributed by atoms with E-state index < -0.39 is 0 Å². The van der Waals surface area contributed by atoms with Gasteiger partial charge in [-0.25, -0.2) is 0 Å². The van der Waals surface area contributed by atoms with E-state index in [1.807, 2.05) is 18.2 Å². The summed E-state index contributed by atoms with van der Waals surface area (Å²) in [6.07, 6.45) is 0.116. The summed E-state index contributed by atoms with van der Waals surface area (Å²) >= 11 is 0. The van der Waals surface area contributed by atoms with Crippen molar-refractivity contribution >= 4 is 5.78 Å². The molecule has 1 aromatic carbocycles. The number of nitrogens with zero attached hydrogens (tertiary/aromatic N) is 2. The number of phenolic OH excluding ortho intramolecular Hbond substituents is 1. The molecule has 4 aliphatic rings. The Bertz CT molecular complexity index is 558. The Morgan fingerprint density at radius 2 is 1.55 bits per heavy atom. The van der Waals surface area contributed by atoms with Gasteiger partial charge < -0.3 is 5.11 Å². The first kappa shape index (κ1) is 12.4. The number of benzene rings is 1. The number of ketones is 1. The molecule has 4 saturated heterocycles. The standard InChI is InChI=1S/C16H20N2O2/c1-15-7-17-9-16(2,14(15)20)10-18(8-15)13(17)11-5-3-4-6-12(11)19/h3-6,13,19H,7-10H2,1-2H3. The molecule has 4 aliphatic heterocycles. The Morgan fingerprint density at radius 1 is 1.05 bits per heavy atom. The molecular formula is C16H20N2O2. The maximum Gasteiger partial charge on any atom is 0.149 e. The average Bonchev–Trinajstić information content (AvgIpc) is 2.36. The van der Waals surface area contributed by atoms with Gasteiger partial charge in [0.1, 0.15) is 11.5 Å². The van der Waals surface area contributed by atoms with Crippen molar-refractivity contribution in [2.45, 2.75) is 20.0 Å². The molecule has 0 atom stereocenters. The average molecular weight is 272 g/mol. The highest BCUT2D eigenvalue weighted by molar-refractivity contribution is 5.92. The van der Waals surface area contributed by atoms with Crippen LogP contribution in [0.3, 0.4) is 0 Å². The lowest BCUT2D eigenvalue weighted by atomic mass is 9.62. The van der Waals surface area contributed by atoms with Gasteiger partial charge in [0.05, 0.1) is 17.0 Å². The fourth-order valence-electron chi connectivity index (χ4n) is 4.70. The lowest BCUT2D eigenvalue weighted by Gasteiger charge is -2.64. The number of carbonyl (C=O) groups excluding carboxylic acids is 1. The summed E-state index contributed by atoms with van der Waals surface area (Å²) in [5, 5.41) is 10.2. The maximum absolute atomic E-state index is 12.6. The number of phenols is 1. The van der Waals surface area contributed by atoms with E-state index in [4.69, 9.17) is 0 Å². The lowest BCUT2D eigenvalue weighted by molar-refractivity contribution is -0.197. The summed E-state index contributed by atoms with van der Waals surface area (Å²) in [6.45, 7) is 7.39. The minimum absolute atomic E-state index is 0.116. The van der Waals surface area contributed by atoms with Crippen molar-refractivity contribution in [1.29, 1.82) is 0 Å². The maximum atomic E-state index is 12.6. The van der Waals surface area contributed by atoms with Gasteiger partial charge in [0, 0.05) is 31.7 Å². The minimum atomic E-state index is -0.244. The SMILES string of the molecule is CC12CN3CC(C)(CN(C1)C3c1ccccc1O)C2=O.